The first-order valence-electron chi connectivity index (χ1n) is 12.5. The van der Waals surface area contributed by atoms with Gasteiger partial charge in [-0.1, -0.05) is 84.9 Å². The second-order valence-electron chi connectivity index (χ2n) is 9.93. The van der Waals surface area contributed by atoms with Gasteiger partial charge < -0.3 is 5.11 Å². The Morgan fingerprint density at radius 2 is 1.37 bits per heavy atom. The van der Waals surface area contributed by atoms with Gasteiger partial charge in [0.25, 0.3) is 5.69 Å². The zero-order valence-electron chi connectivity index (χ0n) is 21.4. The van der Waals surface area contributed by atoms with Crippen LogP contribution < -0.4 is 0 Å². The van der Waals surface area contributed by atoms with E-state index >= 15 is 0 Å². The fourth-order valence-corrected chi connectivity index (χ4v) is 4.94. The third kappa shape index (κ3) is 5.04. The van der Waals surface area contributed by atoms with Gasteiger partial charge >= 0.3 is 0 Å². The predicted octanol–water partition coefficient (Wildman–Crippen LogP) is 7.76. The number of phenolic OH excluding ortho intramolecular Hbond substituents is 1. The summed E-state index contributed by atoms with van der Waals surface area (Å²) in [5.41, 5.74) is 6.78. The van der Waals surface area contributed by atoms with E-state index in [1.165, 1.54) is 23.8 Å². The number of rotatable bonds is 7. The van der Waals surface area contributed by atoms with Gasteiger partial charge in [-0.3, -0.25) is 10.1 Å². The van der Waals surface area contributed by atoms with Crippen LogP contribution in [0.15, 0.2) is 103 Å². The molecule has 1 aliphatic rings. The standard InChI is InChI=1S/C33H28N2O3/c1-33(2)29-10-6-7-11-30(29)34(23-27-22-28(35(37)38)19-20-31(27)36)32(33)21-18-26-16-14-25(15-17-26)13-12-24-8-4-3-5-9-24/h3-22H,23H2,1-2H3/p+1/b13-12+,21-18+. The molecule has 0 radical (unpaired) electrons. The van der Waals surface area contributed by atoms with E-state index in [9.17, 15) is 15.2 Å². The Balaban J connectivity index is 1.48. The number of allylic oxidation sites excluding steroid dienone is 1. The van der Waals surface area contributed by atoms with Crippen molar-refractivity contribution in [2.24, 2.45) is 0 Å². The van der Waals surface area contributed by atoms with Gasteiger partial charge in [0.15, 0.2) is 12.3 Å². The minimum atomic E-state index is -0.436. The Bertz CT molecular complexity index is 1580. The van der Waals surface area contributed by atoms with Crippen LogP contribution in [0.4, 0.5) is 11.4 Å². The summed E-state index contributed by atoms with van der Waals surface area (Å²) in [5.74, 6) is 0.0419. The Hall–Kier alpha value is -4.77. The first-order valence-corrected chi connectivity index (χ1v) is 12.5. The van der Waals surface area contributed by atoms with Crippen molar-refractivity contribution in [3.8, 4) is 5.75 Å². The number of hydrogen-bond acceptors (Lipinski definition) is 3. The van der Waals surface area contributed by atoms with E-state index in [2.05, 4.69) is 91.3 Å². The zero-order valence-corrected chi connectivity index (χ0v) is 21.4. The molecule has 0 bridgehead atoms. The molecule has 5 rings (SSSR count). The van der Waals surface area contributed by atoms with Gasteiger partial charge in [-0.25, -0.2) is 0 Å². The highest BCUT2D eigenvalue weighted by atomic mass is 16.6. The van der Waals surface area contributed by atoms with Gasteiger partial charge in [-0.05, 0) is 42.7 Å². The molecule has 1 N–H and O–H groups in total. The highest BCUT2D eigenvalue weighted by Gasteiger charge is 2.44. The normalized spacial score (nSPS) is 14.4. The predicted molar refractivity (Wildman–Crippen MR) is 154 cm³/mol. The summed E-state index contributed by atoms with van der Waals surface area (Å²) in [5, 5.41) is 21.9. The molecule has 188 valence electrons. The second kappa shape index (κ2) is 10.3. The lowest BCUT2D eigenvalue weighted by Gasteiger charge is -2.15. The van der Waals surface area contributed by atoms with E-state index in [-0.39, 0.29) is 16.9 Å². The third-order valence-corrected chi connectivity index (χ3v) is 7.04. The van der Waals surface area contributed by atoms with Crippen molar-refractivity contribution in [1.29, 1.82) is 0 Å². The summed E-state index contributed by atoms with van der Waals surface area (Å²) in [6, 6.07) is 30.9. The second-order valence-corrected chi connectivity index (χ2v) is 9.93. The van der Waals surface area contributed by atoms with Gasteiger partial charge in [-0.15, -0.1) is 0 Å². The van der Waals surface area contributed by atoms with E-state index in [4.69, 9.17) is 0 Å². The van der Waals surface area contributed by atoms with Gasteiger partial charge in [0.05, 0.1) is 15.9 Å². The maximum absolute atomic E-state index is 11.4. The number of nitro groups is 1. The summed E-state index contributed by atoms with van der Waals surface area (Å²) >= 11 is 0. The fraction of sp³-hybridized carbons (Fsp3) is 0.121. The molecule has 5 nitrogen and oxygen atoms in total. The third-order valence-electron chi connectivity index (χ3n) is 7.04. The maximum atomic E-state index is 11.4. The zero-order chi connectivity index (χ0) is 26.7. The topological polar surface area (TPSA) is 66.4 Å². The van der Waals surface area contributed by atoms with Gasteiger partial charge in [-0.2, -0.15) is 4.58 Å². The molecule has 1 heterocycles. The van der Waals surface area contributed by atoms with Gasteiger partial charge in [0.2, 0.25) is 5.69 Å². The number of hydrogen-bond donors (Lipinski definition) is 1. The Morgan fingerprint density at radius 1 is 0.789 bits per heavy atom. The SMILES string of the molecule is CC1(C)C(/C=C/c2ccc(/C=C/c3ccccc3)cc2)=[N+](Cc2cc([N+](=O)[O-])ccc2O)c2ccccc21. The highest BCUT2D eigenvalue weighted by molar-refractivity contribution is 6.05. The van der Waals surface area contributed by atoms with Crippen LogP contribution in [0.1, 0.15) is 41.7 Å². The van der Waals surface area contributed by atoms with Crippen molar-refractivity contribution in [1.82, 2.24) is 0 Å². The number of nitro benzene ring substituents is 1. The number of phenols is 1. The molecular formula is C33H29N2O3+. The van der Waals surface area contributed by atoms with E-state index < -0.39 is 4.92 Å². The van der Waals surface area contributed by atoms with E-state index in [0.29, 0.717) is 12.1 Å². The molecule has 0 saturated carbocycles. The smallest absolute Gasteiger partial charge is 0.270 e. The van der Waals surface area contributed by atoms with Crippen LogP contribution in [0.5, 0.6) is 5.75 Å². The van der Waals surface area contributed by atoms with Crippen LogP contribution in [0.3, 0.4) is 0 Å². The molecule has 4 aromatic rings. The average molecular weight is 502 g/mol. The van der Waals surface area contributed by atoms with Gasteiger partial charge in [0, 0.05) is 29.8 Å². The number of fused-ring (bicyclic) bond motifs is 1. The van der Waals surface area contributed by atoms with Crippen molar-refractivity contribution < 1.29 is 14.6 Å². The van der Waals surface area contributed by atoms with Crippen LogP contribution in [-0.4, -0.2) is 20.3 Å². The minimum absolute atomic E-state index is 0.0389. The molecule has 0 aromatic heterocycles. The highest BCUT2D eigenvalue weighted by Crippen LogP contribution is 2.41. The summed E-state index contributed by atoms with van der Waals surface area (Å²) in [4.78, 5) is 10.9. The molecule has 1 aliphatic heterocycles. The molecular weight excluding hydrogens is 472 g/mol. The average Bonchev–Trinajstić information content (AvgIpc) is 3.14. The minimum Gasteiger partial charge on any atom is -0.507 e. The molecule has 0 atom stereocenters. The van der Waals surface area contributed by atoms with E-state index in [0.717, 1.165) is 28.1 Å². The van der Waals surface area contributed by atoms with Crippen molar-refractivity contribution in [2.75, 3.05) is 0 Å². The molecule has 4 aromatic carbocycles. The first-order chi connectivity index (χ1) is 18.3. The number of benzene rings is 4. The molecule has 0 fully saturated rings. The molecule has 0 unspecified atom stereocenters. The van der Waals surface area contributed by atoms with Crippen LogP contribution >= 0.6 is 0 Å². The van der Waals surface area contributed by atoms with Gasteiger partial charge in [0.1, 0.15) is 5.75 Å². The molecule has 0 saturated heterocycles. The van der Waals surface area contributed by atoms with Crippen LogP contribution in [0.2, 0.25) is 0 Å². The molecule has 0 aliphatic carbocycles. The quantitative estimate of drug-likeness (QED) is 0.122. The van der Waals surface area contributed by atoms with Crippen LogP contribution in [0.25, 0.3) is 18.2 Å². The number of aromatic hydroxyl groups is 1. The summed E-state index contributed by atoms with van der Waals surface area (Å²) in [7, 11) is 0. The summed E-state index contributed by atoms with van der Waals surface area (Å²) in [6.07, 6.45) is 8.40. The lowest BCUT2D eigenvalue weighted by atomic mass is 9.81. The van der Waals surface area contributed by atoms with Crippen molar-refractivity contribution in [2.45, 2.75) is 25.8 Å². The lowest BCUT2D eigenvalue weighted by molar-refractivity contribution is -0.455. The van der Waals surface area contributed by atoms with Crippen LogP contribution in [-0.2, 0) is 12.0 Å². The maximum Gasteiger partial charge on any atom is 0.270 e. The number of para-hydroxylation sites is 1. The van der Waals surface area contributed by atoms with E-state index in [1.54, 1.807) is 0 Å². The van der Waals surface area contributed by atoms with E-state index in [1.807, 2.05) is 30.3 Å². The Kier molecular flexibility index (Phi) is 6.75. The number of non-ortho nitro benzene ring substituents is 1. The molecule has 0 amide bonds. The Labute approximate surface area is 222 Å². The van der Waals surface area contributed by atoms with Crippen molar-refractivity contribution in [3.05, 3.63) is 141 Å². The molecule has 38 heavy (non-hydrogen) atoms. The van der Waals surface area contributed by atoms with Crippen molar-refractivity contribution >= 4 is 35.3 Å². The van der Waals surface area contributed by atoms with Crippen molar-refractivity contribution in [3.63, 3.8) is 0 Å². The summed E-state index contributed by atoms with van der Waals surface area (Å²) in [6.45, 7) is 4.67. The largest absolute Gasteiger partial charge is 0.507 e. The summed E-state index contributed by atoms with van der Waals surface area (Å²) < 4.78 is 2.14. The fourth-order valence-electron chi connectivity index (χ4n) is 4.94. The van der Waals surface area contributed by atoms with Crippen LogP contribution in [0, 0.1) is 10.1 Å². The molecule has 0 spiro atoms. The Morgan fingerprint density at radius 3 is 2.03 bits per heavy atom. The number of nitrogens with zero attached hydrogens (tertiary/aromatic N) is 2. The first kappa shape index (κ1) is 24.9. The molecule has 5 heteroatoms. The lowest BCUT2D eigenvalue weighted by Crippen LogP contribution is -2.27. The monoisotopic (exact) mass is 501 g/mol.